The predicted molar refractivity (Wildman–Crippen MR) is 151 cm³/mol. The van der Waals surface area contributed by atoms with Crippen molar-refractivity contribution in [3.05, 3.63) is 95.6 Å². The number of nitrogens with zero attached hydrogens (tertiary/aromatic N) is 2. The Morgan fingerprint density at radius 2 is 1.47 bits per heavy atom. The van der Waals surface area contributed by atoms with Crippen LogP contribution in [0.15, 0.2) is 83.8 Å². The summed E-state index contributed by atoms with van der Waals surface area (Å²) in [5, 5.41) is 2.91. The quantitative estimate of drug-likeness (QED) is 0.381. The Labute approximate surface area is 226 Å². The van der Waals surface area contributed by atoms with Crippen LogP contribution in [0.3, 0.4) is 0 Å². The summed E-state index contributed by atoms with van der Waals surface area (Å²) in [4.78, 5) is 28.8. The summed E-state index contributed by atoms with van der Waals surface area (Å²) in [5.74, 6) is -0.726. The van der Waals surface area contributed by atoms with E-state index in [-0.39, 0.29) is 23.4 Å². The zero-order chi connectivity index (χ0) is 27.9. The zero-order valence-corrected chi connectivity index (χ0v) is 23.5. The number of amides is 2. The van der Waals surface area contributed by atoms with E-state index in [4.69, 9.17) is 0 Å². The summed E-state index contributed by atoms with van der Waals surface area (Å²) < 4.78 is 28.7. The van der Waals surface area contributed by atoms with Crippen molar-refractivity contribution >= 4 is 27.5 Å². The number of hydrogen-bond donors (Lipinski definition) is 1. The largest absolute Gasteiger partial charge is 0.352 e. The smallest absolute Gasteiger partial charge is 0.264 e. The number of rotatable bonds is 11. The Hall–Kier alpha value is -3.65. The first-order chi connectivity index (χ1) is 18.0. The summed E-state index contributed by atoms with van der Waals surface area (Å²) in [7, 11) is -4.06. The van der Waals surface area contributed by atoms with Crippen molar-refractivity contribution in [3.8, 4) is 0 Å². The van der Waals surface area contributed by atoms with Crippen LogP contribution in [-0.2, 0) is 26.2 Å². The lowest BCUT2D eigenvalue weighted by Gasteiger charge is -2.34. The highest BCUT2D eigenvalue weighted by atomic mass is 32.2. The molecule has 0 bridgehead atoms. The van der Waals surface area contributed by atoms with Gasteiger partial charge in [-0.25, -0.2) is 8.42 Å². The molecule has 1 N–H and O–H groups in total. The number of aryl methyl sites for hydroxylation is 2. The molecule has 2 amide bonds. The van der Waals surface area contributed by atoms with Gasteiger partial charge < -0.3 is 10.2 Å². The highest BCUT2D eigenvalue weighted by Gasteiger charge is 2.33. The zero-order valence-electron chi connectivity index (χ0n) is 22.7. The second-order valence-corrected chi connectivity index (χ2v) is 11.6. The van der Waals surface area contributed by atoms with Gasteiger partial charge in [0.2, 0.25) is 11.8 Å². The van der Waals surface area contributed by atoms with Crippen LogP contribution >= 0.6 is 0 Å². The standard InChI is InChI=1S/C30H37N3O4S/c1-6-28(30(35)31-22(2)3)32(20-25-13-11-10-12-24(25)5)29(34)21-33(26-18-16-23(4)17-19-26)38(36,37)27-14-8-7-9-15-27/h7-19,22,28H,6,20-21H2,1-5H3,(H,31,35)/t28-/m0/s1. The van der Waals surface area contributed by atoms with Crippen LogP contribution in [0.5, 0.6) is 0 Å². The molecule has 0 saturated carbocycles. The molecule has 0 aliphatic carbocycles. The van der Waals surface area contributed by atoms with E-state index in [1.165, 1.54) is 17.0 Å². The topological polar surface area (TPSA) is 86.8 Å². The van der Waals surface area contributed by atoms with Crippen molar-refractivity contribution < 1.29 is 18.0 Å². The number of benzene rings is 3. The molecule has 0 heterocycles. The first kappa shape index (κ1) is 28.9. The van der Waals surface area contributed by atoms with Gasteiger partial charge in [0, 0.05) is 12.6 Å². The molecule has 0 spiro atoms. The molecule has 3 aromatic carbocycles. The van der Waals surface area contributed by atoms with Crippen LogP contribution in [0.2, 0.25) is 0 Å². The number of anilines is 1. The third-order valence-corrected chi connectivity index (χ3v) is 8.14. The molecule has 0 saturated heterocycles. The minimum Gasteiger partial charge on any atom is -0.352 e. The summed E-state index contributed by atoms with van der Waals surface area (Å²) in [6.07, 6.45) is 0.381. The van der Waals surface area contributed by atoms with Gasteiger partial charge in [0.15, 0.2) is 0 Å². The molecule has 3 rings (SSSR count). The molecule has 7 nitrogen and oxygen atoms in total. The molecule has 38 heavy (non-hydrogen) atoms. The van der Waals surface area contributed by atoms with E-state index in [0.29, 0.717) is 12.1 Å². The van der Waals surface area contributed by atoms with Crippen LogP contribution in [0.1, 0.15) is 43.9 Å². The Morgan fingerprint density at radius 3 is 2.05 bits per heavy atom. The summed E-state index contributed by atoms with van der Waals surface area (Å²) >= 11 is 0. The molecule has 8 heteroatoms. The van der Waals surface area contributed by atoms with Gasteiger partial charge in [-0.1, -0.05) is 67.1 Å². The van der Waals surface area contributed by atoms with E-state index in [1.807, 2.05) is 71.0 Å². The fourth-order valence-electron chi connectivity index (χ4n) is 4.23. The Morgan fingerprint density at radius 1 is 0.868 bits per heavy atom. The number of nitrogens with one attached hydrogen (secondary N) is 1. The molecular weight excluding hydrogens is 498 g/mol. The van der Waals surface area contributed by atoms with Gasteiger partial charge in [-0.05, 0) is 69.5 Å². The summed E-state index contributed by atoms with van der Waals surface area (Å²) in [6.45, 7) is 9.18. The lowest BCUT2D eigenvalue weighted by molar-refractivity contribution is -0.140. The van der Waals surface area contributed by atoms with Crippen molar-refractivity contribution in [2.24, 2.45) is 0 Å². The maximum absolute atomic E-state index is 14.0. The molecule has 0 radical (unpaired) electrons. The Bertz CT molecular complexity index is 1340. The molecule has 0 fully saturated rings. The lowest BCUT2D eigenvalue weighted by atomic mass is 10.1. The average Bonchev–Trinajstić information content (AvgIpc) is 2.88. The number of carbonyl (C=O) groups is 2. The maximum atomic E-state index is 14.0. The van der Waals surface area contributed by atoms with Crippen molar-refractivity contribution in [1.29, 1.82) is 0 Å². The van der Waals surface area contributed by atoms with E-state index in [0.717, 1.165) is 21.0 Å². The van der Waals surface area contributed by atoms with Gasteiger partial charge in [0.25, 0.3) is 10.0 Å². The molecule has 0 aliphatic rings. The predicted octanol–water partition coefficient (Wildman–Crippen LogP) is 4.83. The maximum Gasteiger partial charge on any atom is 0.264 e. The van der Waals surface area contributed by atoms with E-state index in [1.54, 1.807) is 30.3 Å². The van der Waals surface area contributed by atoms with Gasteiger partial charge in [0.1, 0.15) is 12.6 Å². The third-order valence-electron chi connectivity index (χ3n) is 6.35. The number of sulfonamides is 1. The van der Waals surface area contributed by atoms with Crippen LogP contribution in [0.4, 0.5) is 5.69 Å². The highest BCUT2D eigenvalue weighted by molar-refractivity contribution is 7.92. The van der Waals surface area contributed by atoms with Gasteiger partial charge >= 0.3 is 0 Å². The van der Waals surface area contributed by atoms with Crippen LogP contribution in [0.25, 0.3) is 0 Å². The minimum absolute atomic E-state index is 0.0865. The van der Waals surface area contributed by atoms with Crippen molar-refractivity contribution in [1.82, 2.24) is 10.2 Å². The summed E-state index contributed by atoms with van der Waals surface area (Å²) in [6, 6.07) is 21.9. The Balaban J connectivity index is 2.06. The van der Waals surface area contributed by atoms with E-state index in [9.17, 15) is 18.0 Å². The van der Waals surface area contributed by atoms with Crippen LogP contribution in [0, 0.1) is 13.8 Å². The van der Waals surface area contributed by atoms with E-state index >= 15 is 0 Å². The van der Waals surface area contributed by atoms with Gasteiger partial charge in [-0.3, -0.25) is 13.9 Å². The molecule has 0 aliphatic heterocycles. The molecule has 3 aromatic rings. The van der Waals surface area contributed by atoms with Crippen molar-refractivity contribution in [2.75, 3.05) is 10.8 Å². The molecule has 0 aromatic heterocycles. The van der Waals surface area contributed by atoms with E-state index in [2.05, 4.69) is 5.32 Å². The lowest BCUT2D eigenvalue weighted by Crippen LogP contribution is -2.53. The fraction of sp³-hybridized carbons (Fsp3) is 0.333. The first-order valence-corrected chi connectivity index (χ1v) is 14.3. The van der Waals surface area contributed by atoms with Gasteiger partial charge in [0.05, 0.1) is 10.6 Å². The summed E-state index contributed by atoms with van der Waals surface area (Å²) in [5.41, 5.74) is 3.22. The second-order valence-electron chi connectivity index (χ2n) is 9.70. The molecule has 1 atom stereocenters. The average molecular weight is 536 g/mol. The van der Waals surface area contributed by atoms with E-state index < -0.39 is 28.5 Å². The number of hydrogen-bond acceptors (Lipinski definition) is 4. The minimum atomic E-state index is -4.06. The molecule has 0 unspecified atom stereocenters. The van der Waals surface area contributed by atoms with Gasteiger partial charge in [-0.2, -0.15) is 0 Å². The van der Waals surface area contributed by atoms with Crippen LogP contribution in [-0.4, -0.2) is 43.8 Å². The second kappa shape index (κ2) is 12.7. The monoisotopic (exact) mass is 535 g/mol. The Kier molecular flexibility index (Phi) is 9.69. The SMILES string of the molecule is CC[C@@H](C(=O)NC(C)C)N(Cc1ccccc1C)C(=O)CN(c1ccc(C)cc1)S(=O)(=O)c1ccccc1. The van der Waals surface area contributed by atoms with Crippen molar-refractivity contribution in [3.63, 3.8) is 0 Å². The third kappa shape index (κ3) is 7.01. The van der Waals surface area contributed by atoms with Crippen LogP contribution < -0.4 is 9.62 Å². The number of carbonyl (C=O) groups excluding carboxylic acids is 2. The van der Waals surface area contributed by atoms with Gasteiger partial charge in [-0.15, -0.1) is 0 Å². The first-order valence-electron chi connectivity index (χ1n) is 12.8. The molecule has 202 valence electrons. The highest BCUT2D eigenvalue weighted by Crippen LogP contribution is 2.25. The molecular formula is C30H37N3O4S. The fourth-order valence-corrected chi connectivity index (χ4v) is 5.67. The normalized spacial score (nSPS) is 12.2. The van der Waals surface area contributed by atoms with Crippen molar-refractivity contribution in [2.45, 2.75) is 64.6 Å².